The Morgan fingerprint density at radius 3 is 2.74 bits per heavy atom. The van der Waals surface area contributed by atoms with Crippen LogP contribution in [-0.2, 0) is 6.54 Å². The lowest BCUT2D eigenvalue weighted by molar-refractivity contribution is -0.402. The van der Waals surface area contributed by atoms with Crippen molar-refractivity contribution in [1.82, 2.24) is 4.57 Å². The maximum Gasteiger partial charge on any atom is 0.433 e. The number of hydrogen-bond donors (Lipinski definition) is 0. The molecule has 96 valence electrons. The van der Waals surface area contributed by atoms with Gasteiger partial charge in [0.2, 0.25) is 0 Å². The van der Waals surface area contributed by atoms with Gasteiger partial charge in [0.1, 0.15) is 22.3 Å². The summed E-state index contributed by atoms with van der Waals surface area (Å²) in [5, 5.41) is 19.3. The standard InChI is InChI=1S/C12H9N3O4/c1-8-2-3-9(6-13)12(16)14(8)7-10-4-5-11(19-10)15(17)18/h2-5H,7H2,1H3. The van der Waals surface area contributed by atoms with E-state index in [0.29, 0.717) is 5.69 Å². The summed E-state index contributed by atoms with van der Waals surface area (Å²) in [5.74, 6) is -0.0934. The third-order valence-electron chi connectivity index (χ3n) is 2.65. The first kappa shape index (κ1) is 12.6. The maximum absolute atomic E-state index is 11.9. The van der Waals surface area contributed by atoms with Crippen LogP contribution in [0.15, 0.2) is 33.5 Å². The molecule has 0 radical (unpaired) electrons. The second-order valence-corrected chi connectivity index (χ2v) is 3.89. The van der Waals surface area contributed by atoms with Crippen molar-refractivity contribution in [3.05, 3.63) is 61.8 Å². The van der Waals surface area contributed by atoms with E-state index in [-0.39, 0.29) is 23.8 Å². The molecule has 0 atom stereocenters. The second kappa shape index (κ2) is 4.78. The van der Waals surface area contributed by atoms with Crippen molar-refractivity contribution < 1.29 is 9.34 Å². The number of nitrogens with zero attached hydrogens (tertiary/aromatic N) is 3. The van der Waals surface area contributed by atoms with Crippen LogP contribution in [0.4, 0.5) is 5.88 Å². The molecule has 2 heterocycles. The lowest BCUT2D eigenvalue weighted by Crippen LogP contribution is -2.24. The summed E-state index contributed by atoms with van der Waals surface area (Å²) in [6.07, 6.45) is 0. The first-order chi connectivity index (χ1) is 9.02. The maximum atomic E-state index is 11.9. The van der Waals surface area contributed by atoms with Crippen LogP contribution in [0, 0.1) is 28.4 Å². The second-order valence-electron chi connectivity index (χ2n) is 3.89. The summed E-state index contributed by atoms with van der Waals surface area (Å²) in [5.41, 5.74) is 0.219. The smallest absolute Gasteiger partial charge is 0.404 e. The van der Waals surface area contributed by atoms with Gasteiger partial charge in [0, 0.05) is 5.69 Å². The van der Waals surface area contributed by atoms with Gasteiger partial charge < -0.3 is 8.98 Å². The van der Waals surface area contributed by atoms with Crippen molar-refractivity contribution in [3.8, 4) is 6.07 Å². The van der Waals surface area contributed by atoms with E-state index >= 15 is 0 Å². The molecular weight excluding hydrogens is 250 g/mol. The van der Waals surface area contributed by atoms with E-state index in [1.54, 1.807) is 19.1 Å². The van der Waals surface area contributed by atoms with Crippen LogP contribution in [0.1, 0.15) is 17.0 Å². The molecule has 2 aromatic rings. The van der Waals surface area contributed by atoms with Crippen LogP contribution < -0.4 is 5.56 Å². The summed E-state index contributed by atoms with van der Waals surface area (Å²) < 4.78 is 6.33. The van der Waals surface area contributed by atoms with E-state index in [2.05, 4.69) is 0 Å². The van der Waals surface area contributed by atoms with Gasteiger partial charge in [0.15, 0.2) is 0 Å². The quantitative estimate of drug-likeness (QED) is 0.615. The first-order valence-electron chi connectivity index (χ1n) is 5.36. The van der Waals surface area contributed by atoms with Gasteiger partial charge in [-0.15, -0.1) is 0 Å². The molecule has 19 heavy (non-hydrogen) atoms. The highest BCUT2D eigenvalue weighted by Crippen LogP contribution is 2.16. The molecular formula is C12H9N3O4. The number of nitriles is 1. The van der Waals surface area contributed by atoms with Crippen LogP contribution in [0.5, 0.6) is 0 Å². The van der Waals surface area contributed by atoms with Gasteiger partial charge >= 0.3 is 5.88 Å². The van der Waals surface area contributed by atoms with Crippen molar-refractivity contribution in [2.75, 3.05) is 0 Å². The highest BCUT2D eigenvalue weighted by Gasteiger charge is 2.14. The molecule has 0 bridgehead atoms. The van der Waals surface area contributed by atoms with Gasteiger partial charge in [-0.1, -0.05) is 0 Å². The Morgan fingerprint density at radius 1 is 1.42 bits per heavy atom. The minimum absolute atomic E-state index is 0.0201. The lowest BCUT2D eigenvalue weighted by atomic mass is 10.2. The molecule has 0 aliphatic rings. The largest absolute Gasteiger partial charge is 0.433 e. The number of nitro groups is 1. The predicted molar refractivity (Wildman–Crippen MR) is 64.6 cm³/mol. The van der Waals surface area contributed by atoms with E-state index in [4.69, 9.17) is 9.68 Å². The highest BCUT2D eigenvalue weighted by molar-refractivity contribution is 5.28. The summed E-state index contributed by atoms with van der Waals surface area (Å²) in [4.78, 5) is 21.8. The van der Waals surface area contributed by atoms with E-state index in [1.165, 1.54) is 22.8 Å². The van der Waals surface area contributed by atoms with Crippen LogP contribution in [-0.4, -0.2) is 9.49 Å². The highest BCUT2D eigenvalue weighted by atomic mass is 16.6. The van der Waals surface area contributed by atoms with E-state index in [1.807, 2.05) is 0 Å². The summed E-state index contributed by atoms with van der Waals surface area (Å²) in [6.45, 7) is 1.76. The lowest BCUT2D eigenvalue weighted by Gasteiger charge is -2.07. The molecule has 7 nitrogen and oxygen atoms in total. The minimum Gasteiger partial charge on any atom is -0.404 e. The number of aromatic nitrogens is 1. The normalized spacial score (nSPS) is 10.1. The third-order valence-corrected chi connectivity index (χ3v) is 2.65. The molecule has 0 amide bonds. The van der Waals surface area contributed by atoms with E-state index in [9.17, 15) is 14.9 Å². The average molecular weight is 259 g/mol. The summed E-state index contributed by atoms with van der Waals surface area (Å²) >= 11 is 0. The molecule has 0 saturated carbocycles. The van der Waals surface area contributed by atoms with E-state index < -0.39 is 10.5 Å². The van der Waals surface area contributed by atoms with Gasteiger partial charge in [-0.25, -0.2) is 0 Å². The Labute approximate surface area is 107 Å². The van der Waals surface area contributed by atoms with Crippen molar-refractivity contribution >= 4 is 5.88 Å². The van der Waals surface area contributed by atoms with Gasteiger partial charge in [0.05, 0.1) is 12.6 Å². The number of aryl methyl sites for hydroxylation is 1. The Kier molecular flexibility index (Phi) is 3.16. The molecule has 7 heteroatoms. The average Bonchev–Trinajstić information content (AvgIpc) is 2.83. The molecule has 2 aromatic heterocycles. The van der Waals surface area contributed by atoms with E-state index in [0.717, 1.165) is 0 Å². The van der Waals surface area contributed by atoms with Crippen molar-refractivity contribution in [1.29, 1.82) is 5.26 Å². The SMILES string of the molecule is Cc1ccc(C#N)c(=O)n1Cc1ccc([N+](=O)[O-])o1. The molecule has 0 aliphatic carbocycles. The number of hydrogen-bond acceptors (Lipinski definition) is 5. The van der Waals surface area contributed by atoms with Crippen LogP contribution in [0.3, 0.4) is 0 Å². The fourth-order valence-electron chi connectivity index (χ4n) is 1.66. The molecule has 0 aliphatic heterocycles. The number of pyridine rings is 1. The minimum atomic E-state index is -0.648. The van der Waals surface area contributed by atoms with Crippen LogP contribution in [0.25, 0.3) is 0 Å². The molecule has 0 N–H and O–H groups in total. The fourth-order valence-corrected chi connectivity index (χ4v) is 1.66. The number of furan rings is 1. The Hall–Kier alpha value is -2.88. The topological polar surface area (TPSA) is 102 Å². The van der Waals surface area contributed by atoms with Crippen LogP contribution in [0.2, 0.25) is 0 Å². The van der Waals surface area contributed by atoms with Gasteiger partial charge in [0.25, 0.3) is 5.56 Å². The van der Waals surface area contributed by atoms with Gasteiger partial charge in [-0.3, -0.25) is 14.9 Å². The zero-order valence-electron chi connectivity index (χ0n) is 9.99. The molecule has 2 rings (SSSR count). The van der Waals surface area contributed by atoms with Gasteiger partial charge in [-0.05, 0) is 25.1 Å². The van der Waals surface area contributed by atoms with Crippen molar-refractivity contribution in [2.45, 2.75) is 13.5 Å². The zero-order chi connectivity index (χ0) is 14.0. The zero-order valence-corrected chi connectivity index (χ0v) is 9.99. The Morgan fingerprint density at radius 2 is 2.16 bits per heavy atom. The predicted octanol–water partition coefficient (Wildman–Crippen LogP) is 1.58. The summed E-state index contributed by atoms with van der Waals surface area (Å²) in [7, 11) is 0. The summed E-state index contributed by atoms with van der Waals surface area (Å²) in [6, 6.07) is 7.54. The van der Waals surface area contributed by atoms with Crippen molar-refractivity contribution in [2.24, 2.45) is 0 Å². The molecule has 0 fully saturated rings. The molecule has 0 saturated heterocycles. The molecule has 0 spiro atoms. The third kappa shape index (κ3) is 2.37. The van der Waals surface area contributed by atoms with Crippen LogP contribution >= 0.6 is 0 Å². The monoisotopic (exact) mass is 259 g/mol. The Bertz CT molecular complexity index is 736. The first-order valence-corrected chi connectivity index (χ1v) is 5.36. The Balaban J connectivity index is 2.41. The molecule has 0 unspecified atom stereocenters. The van der Waals surface area contributed by atoms with Gasteiger partial charge in [-0.2, -0.15) is 5.26 Å². The van der Waals surface area contributed by atoms with Crippen molar-refractivity contribution in [3.63, 3.8) is 0 Å². The molecule has 0 aromatic carbocycles. The fraction of sp³-hybridized carbons (Fsp3) is 0.167. The number of rotatable bonds is 3.